The number of benzene rings is 1. The summed E-state index contributed by atoms with van der Waals surface area (Å²) in [7, 11) is 0. The van der Waals surface area contributed by atoms with E-state index in [1.807, 2.05) is 4.90 Å². The number of nitrogens with zero attached hydrogens (tertiary/aromatic N) is 1. The Hall–Kier alpha value is -0.900. The predicted molar refractivity (Wildman–Crippen MR) is 62.8 cm³/mol. The molecule has 1 atom stereocenters. The summed E-state index contributed by atoms with van der Waals surface area (Å²) in [5, 5.41) is 9.98. The SMILES string of the molecule is O=C(CN1CC[C@@H](O)C1)c1ccc(Cl)cc1. The molecule has 0 amide bonds. The third kappa shape index (κ3) is 2.82. The van der Waals surface area contributed by atoms with E-state index in [0.717, 1.165) is 13.0 Å². The summed E-state index contributed by atoms with van der Waals surface area (Å²) in [5.41, 5.74) is 0.672. The van der Waals surface area contributed by atoms with Gasteiger partial charge in [-0.3, -0.25) is 9.69 Å². The maximum absolute atomic E-state index is 11.9. The number of hydrogen-bond donors (Lipinski definition) is 1. The van der Waals surface area contributed by atoms with Crippen molar-refractivity contribution in [3.8, 4) is 0 Å². The first-order valence-corrected chi connectivity index (χ1v) is 5.72. The highest BCUT2D eigenvalue weighted by atomic mass is 35.5. The summed E-state index contributed by atoms with van der Waals surface area (Å²) in [6, 6.07) is 6.90. The van der Waals surface area contributed by atoms with E-state index < -0.39 is 0 Å². The molecule has 0 spiro atoms. The number of Topliss-reactive ketones (excluding diaryl/α,β-unsaturated/α-hetero) is 1. The zero-order chi connectivity index (χ0) is 11.5. The molecule has 2 rings (SSSR count). The second-order valence-electron chi connectivity index (χ2n) is 4.11. The van der Waals surface area contributed by atoms with Crippen LogP contribution in [-0.2, 0) is 0 Å². The van der Waals surface area contributed by atoms with Crippen molar-refractivity contribution in [3.63, 3.8) is 0 Å². The second kappa shape index (κ2) is 4.95. The van der Waals surface area contributed by atoms with Crippen molar-refractivity contribution in [2.24, 2.45) is 0 Å². The van der Waals surface area contributed by atoms with Gasteiger partial charge >= 0.3 is 0 Å². The molecule has 16 heavy (non-hydrogen) atoms. The van der Waals surface area contributed by atoms with E-state index >= 15 is 0 Å². The van der Waals surface area contributed by atoms with Crippen LogP contribution in [-0.4, -0.2) is 41.5 Å². The Morgan fingerprint density at radius 2 is 2.12 bits per heavy atom. The molecule has 3 nitrogen and oxygen atoms in total. The molecule has 1 aromatic rings. The minimum Gasteiger partial charge on any atom is -0.392 e. The Kier molecular flexibility index (Phi) is 3.59. The lowest BCUT2D eigenvalue weighted by atomic mass is 10.1. The highest BCUT2D eigenvalue weighted by molar-refractivity contribution is 6.30. The van der Waals surface area contributed by atoms with Crippen molar-refractivity contribution in [1.29, 1.82) is 0 Å². The number of aliphatic hydroxyl groups is 1. The van der Waals surface area contributed by atoms with Crippen LogP contribution in [0.1, 0.15) is 16.8 Å². The summed E-state index contributed by atoms with van der Waals surface area (Å²) in [4.78, 5) is 13.8. The summed E-state index contributed by atoms with van der Waals surface area (Å²) in [5.74, 6) is 0.0748. The maximum atomic E-state index is 11.9. The van der Waals surface area contributed by atoms with Gasteiger partial charge in [-0.2, -0.15) is 0 Å². The first kappa shape index (κ1) is 11.6. The van der Waals surface area contributed by atoms with Crippen LogP contribution in [0, 0.1) is 0 Å². The first-order valence-electron chi connectivity index (χ1n) is 5.34. The van der Waals surface area contributed by atoms with Crippen molar-refractivity contribution in [2.75, 3.05) is 19.6 Å². The van der Waals surface area contributed by atoms with Crippen molar-refractivity contribution < 1.29 is 9.90 Å². The van der Waals surface area contributed by atoms with Crippen LogP contribution in [0.4, 0.5) is 0 Å². The van der Waals surface area contributed by atoms with Gasteiger partial charge in [-0.15, -0.1) is 0 Å². The molecular weight excluding hydrogens is 226 g/mol. The predicted octanol–water partition coefficient (Wildman–Crippen LogP) is 1.59. The number of β-amino-alcohol motifs (C(OH)–C–C–N with tert-alkyl or cyclic N) is 1. The maximum Gasteiger partial charge on any atom is 0.176 e. The topological polar surface area (TPSA) is 40.5 Å². The molecule has 0 unspecified atom stereocenters. The van der Waals surface area contributed by atoms with Crippen molar-refractivity contribution in [1.82, 2.24) is 4.90 Å². The van der Waals surface area contributed by atoms with E-state index in [4.69, 9.17) is 11.6 Å². The standard InChI is InChI=1S/C12H14ClNO2/c13-10-3-1-9(2-4-10)12(16)8-14-6-5-11(15)7-14/h1-4,11,15H,5-8H2/t11-/m1/s1. The first-order chi connectivity index (χ1) is 7.65. The van der Waals surface area contributed by atoms with E-state index in [1.165, 1.54) is 0 Å². The minimum atomic E-state index is -0.280. The highest BCUT2D eigenvalue weighted by Crippen LogP contribution is 2.13. The molecule has 0 saturated carbocycles. The lowest BCUT2D eigenvalue weighted by molar-refractivity contribution is 0.0935. The fraction of sp³-hybridized carbons (Fsp3) is 0.417. The molecule has 86 valence electrons. The number of likely N-dealkylation sites (tertiary alicyclic amines) is 1. The van der Waals surface area contributed by atoms with Crippen LogP contribution in [0.2, 0.25) is 5.02 Å². The Labute approximate surface area is 99.6 Å². The Morgan fingerprint density at radius 1 is 1.44 bits per heavy atom. The largest absolute Gasteiger partial charge is 0.392 e. The molecule has 0 aliphatic carbocycles. The van der Waals surface area contributed by atoms with Gasteiger partial charge in [0, 0.05) is 23.7 Å². The Bertz CT molecular complexity index is 377. The number of carbonyl (C=O) groups is 1. The molecular formula is C12H14ClNO2. The minimum absolute atomic E-state index is 0.0748. The highest BCUT2D eigenvalue weighted by Gasteiger charge is 2.22. The molecule has 4 heteroatoms. The number of hydrogen-bond acceptors (Lipinski definition) is 3. The lowest BCUT2D eigenvalue weighted by Crippen LogP contribution is -2.28. The van der Waals surface area contributed by atoms with Crippen molar-refractivity contribution in [3.05, 3.63) is 34.9 Å². The van der Waals surface area contributed by atoms with Crippen LogP contribution in [0.25, 0.3) is 0 Å². The third-order valence-corrected chi connectivity index (χ3v) is 3.03. The number of rotatable bonds is 3. The molecule has 0 radical (unpaired) electrons. The Balaban J connectivity index is 1.95. The zero-order valence-electron chi connectivity index (χ0n) is 8.90. The number of halogens is 1. The normalized spacial score (nSPS) is 21.2. The number of ketones is 1. The average molecular weight is 240 g/mol. The monoisotopic (exact) mass is 239 g/mol. The van der Waals surface area contributed by atoms with Gasteiger partial charge in [0.25, 0.3) is 0 Å². The molecule has 1 aromatic carbocycles. The zero-order valence-corrected chi connectivity index (χ0v) is 9.65. The van der Waals surface area contributed by atoms with Crippen LogP contribution in [0.15, 0.2) is 24.3 Å². The fourth-order valence-corrected chi connectivity index (χ4v) is 2.01. The van der Waals surface area contributed by atoms with E-state index in [1.54, 1.807) is 24.3 Å². The molecule has 1 aliphatic heterocycles. The van der Waals surface area contributed by atoms with Gasteiger partial charge in [-0.05, 0) is 30.7 Å². The van der Waals surface area contributed by atoms with Crippen LogP contribution >= 0.6 is 11.6 Å². The number of aliphatic hydroxyl groups excluding tert-OH is 1. The average Bonchev–Trinajstić information content (AvgIpc) is 2.65. The van der Waals surface area contributed by atoms with Crippen LogP contribution in [0.3, 0.4) is 0 Å². The summed E-state index contributed by atoms with van der Waals surface area (Å²) < 4.78 is 0. The van der Waals surface area contributed by atoms with Crippen LogP contribution in [0.5, 0.6) is 0 Å². The van der Waals surface area contributed by atoms with Gasteiger partial charge < -0.3 is 5.11 Å². The molecule has 1 fully saturated rings. The molecule has 1 aliphatic rings. The summed E-state index contributed by atoms with van der Waals surface area (Å²) in [6.07, 6.45) is 0.478. The quantitative estimate of drug-likeness (QED) is 0.815. The van der Waals surface area contributed by atoms with Crippen LogP contribution < -0.4 is 0 Å². The van der Waals surface area contributed by atoms with E-state index in [-0.39, 0.29) is 11.9 Å². The lowest BCUT2D eigenvalue weighted by Gasteiger charge is -2.13. The summed E-state index contributed by atoms with van der Waals surface area (Å²) >= 11 is 5.75. The van der Waals surface area contributed by atoms with E-state index in [0.29, 0.717) is 23.7 Å². The third-order valence-electron chi connectivity index (χ3n) is 2.78. The van der Waals surface area contributed by atoms with Gasteiger partial charge in [0.2, 0.25) is 0 Å². The molecule has 0 aromatic heterocycles. The van der Waals surface area contributed by atoms with Crippen molar-refractivity contribution in [2.45, 2.75) is 12.5 Å². The molecule has 1 N–H and O–H groups in total. The number of carbonyl (C=O) groups excluding carboxylic acids is 1. The molecule has 1 heterocycles. The molecule has 0 bridgehead atoms. The molecule has 1 saturated heterocycles. The smallest absolute Gasteiger partial charge is 0.176 e. The fourth-order valence-electron chi connectivity index (χ4n) is 1.89. The second-order valence-corrected chi connectivity index (χ2v) is 4.54. The van der Waals surface area contributed by atoms with Gasteiger partial charge in [0.05, 0.1) is 12.6 Å². The van der Waals surface area contributed by atoms with E-state index in [9.17, 15) is 9.90 Å². The summed E-state index contributed by atoms with van der Waals surface area (Å²) in [6.45, 7) is 1.76. The van der Waals surface area contributed by atoms with Gasteiger partial charge in [-0.1, -0.05) is 11.6 Å². The van der Waals surface area contributed by atoms with Gasteiger partial charge in [0.1, 0.15) is 0 Å². The van der Waals surface area contributed by atoms with Gasteiger partial charge in [-0.25, -0.2) is 0 Å². The van der Waals surface area contributed by atoms with E-state index in [2.05, 4.69) is 0 Å². The van der Waals surface area contributed by atoms with Crippen molar-refractivity contribution >= 4 is 17.4 Å². The van der Waals surface area contributed by atoms with Gasteiger partial charge in [0.15, 0.2) is 5.78 Å². The Morgan fingerprint density at radius 3 is 2.69 bits per heavy atom.